The molecule has 0 atom stereocenters. The predicted octanol–water partition coefficient (Wildman–Crippen LogP) is 3.36. The maximum absolute atomic E-state index is 12.4. The van der Waals surface area contributed by atoms with Gasteiger partial charge < -0.3 is 10.1 Å². The molecule has 0 radical (unpaired) electrons. The molecule has 23 heavy (non-hydrogen) atoms. The Morgan fingerprint density at radius 3 is 2.83 bits per heavy atom. The van der Waals surface area contributed by atoms with Crippen molar-refractivity contribution in [3.63, 3.8) is 0 Å². The van der Waals surface area contributed by atoms with E-state index in [4.69, 9.17) is 27.9 Å². The van der Waals surface area contributed by atoms with Crippen LogP contribution in [0, 0.1) is 0 Å². The number of nitrogens with one attached hydrogen (secondary N) is 1. The number of para-hydroxylation sites is 2. The van der Waals surface area contributed by atoms with E-state index in [9.17, 15) is 9.59 Å². The molecule has 1 aliphatic rings. The average molecular weight is 351 g/mol. The zero-order chi connectivity index (χ0) is 16.4. The first kappa shape index (κ1) is 15.6. The number of hydrogen-bond donors (Lipinski definition) is 1. The highest BCUT2D eigenvalue weighted by Crippen LogP contribution is 2.30. The number of rotatable bonds is 3. The van der Waals surface area contributed by atoms with Gasteiger partial charge >= 0.3 is 0 Å². The van der Waals surface area contributed by atoms with Gasteiger partial charge in [0, 0.05) is 11.1 Å². The van der Waals surface area contributed by atoms with E-state index < -0.39 is 0 Å². The van der Waals surface area contributed by atoms with E-state index in [1.165, 1.54) is 11.0 Å². The summed E-state index contributed by atoms with van der Waals surface area (Å²) in [5.41, 5.74) is 1.23. The number of ether oxygens (including phenoxy) is 1. The van der Waals surface area contributed by atoms with Gasteiger partial charge in [-0.05, 0) is 24.3 Å². The Labute approximate surface area is 142 Å². The van der Waals surface area contributed by atoms with Crippen LogP contribution in [0.1, 0.15) is 0 Å². The van der Waals surface area contributed by atoms with E-state index in [0.717, 1.165) is 0 Å². The number of anilines is 2. The average Bonchev–Trinajstić information content (AvgIpc) is 2.54. The molecule has 0 fully saturated rings. The van der Waals surface area contributed by atoms with Gasteiger partial charge in [0.25, 0.3) is 5.91 Å². The molecular weight excluding hydrogens is 339 g/mol. The lowest BCUT2D eigenvalue weighted by Crippen LogP contribution is -2.44. The third-order valence-corrected chi connectivity index (χ3v) is 3.86. The van der Waals surface area contributed by atoms with E-state index in [0.29, 0.717) is 27.2 Å². The Morgan fingerprint density at radius 1 is 1.22 bits per heavy atom. The first-order valence-electron chi connectivity index (χ1n) is 6.81. The smallest absolute Gasteiger partial charge is 0.265 e. The highest BCUT2D eigenvalue weighted by atomic mass is 35.5. The first-order valence-corrected chi connectivity index (χ1v) is 7.57. The summed E-state index contributed by atoms with van der Waals surface area (Å²) in [6, 6.07) is 11.8. The summed E-state index contributed by atoms with van der Waals surface area (Å²) >= 11 is 11.9. The number of carbonyl (C=O) groups is 2. The Morgan fingerprint density at radius 2 is 2.00 bits per heavy atom. The second kappa shape index (κ2) is 6.48. The Balaban J connectivity index is 1.76. The number of benzene rings is 2. The molecule has 2 aromatic rings. The van der Waals surface area contributed by atoms with Crippen molar-refractivity contribution in [3.8, 4) is 5.75 Å². The summed E-state index contributed by atoms with van der Waals surface area (Å²) in [6.07, 6.45) is 0. The molecule has 0 saturated heterocycles. The van der Waals surface area contributed by atoms with E-state index in [1.807, 2.05) is 0 Å². The number of halogens is 2. The molecule has 1 aliphatic heterocycles. The molecule has 0 saturated carbocycles. The van der Waals surface area contributed by atoms with E-state index in [2.05, 4.69) is 5.32 Å². The van der Waals surface area contributed by atoms with Crippen molar-refractivity contribution in [3.05, 3.63) is 52.5 Å². The number of hydrogen-bond acceptors (Lipinski definition) is 3. The third-order valence-electron chi connectivity index (χ3n) is 3.32. The molecule has 2 aromatic carbocycles. The molecule has 0 unspecified atom stereocenters. The maximum atomic E-state index is 12.4. The molecule has 0 aromatic heterocycles. The van der Waals surface area contributed by atoms with Crippen molar-refractivity contribution in [2.75, 3.05) is 23.4 Å². The lowest BCUT2D eigenvalue weighted by Gasteiger charge is -2.29. The minimum Gasteiger partial charge on any atom is -0.482 e. The lowest BCUT2D eigenvalue weighted by atomic mass is 10.2. The van der Waals surface area contributed by atoms with Gasteiger partial charge in [0.1, 0.15) is 12.3 Å². The molecule has 7 heteroatoms. The van der Waals surface area contributed by atoms with Crippen LogP contribution in [0.15, 0.2) is 42.5 Å². The van der Waals surface area contributed by atoms with Gasteiger partial charge in [-0.25, -0.2) is 0 Å². The van der Waals surface area contributed by atoms with Gasteiger partial charge in [-0.2, -0.15) is 0 Å². The van der Waals surface area contributed by atoms with Gasteiger partial charge in [-0.3, -0.25) is 14.5 Å². The SMILES string of the molecule is O=C1CN(C(=O)COc2cc(Cl)ccc2Cl)c2ccccc2N1. The summed E-state index contributed by atoms with van der Waals surface area (Å²) in [5, 5.41) is 3.54. The van der Waals surface area contributed by atoms with Gasteiger partial charge in [0.2, 0.25) is 5.91 Å². The summed E-state index contributed by atoms with van der Waals surface area (Å²) in [4.78, 5) is 25.5. The largest absolute Gasteiger partial charge is 0.482 e. The normalized spacial score (nSPS) is 13.3. The van der Waals surface area contributed by atoms with Gasteiger partial charge in [0.05, 0.1) is 16.4 Å². The minimum atomic E-state index is -0.344. The van der Waals surface area contributed by atoms with Crippen LogP contribution in [0.5, 0.6) is 5.75 Å². The molecule has 118 valence electrons. The van der Waals surface area contributed by atoms with E-state index in [-0.39, 0.29) is 25.0 Å². The number of carbonyl (C=O) groups excluding carboxylic acids is 2. The summed E-state index contributed by atoms with van der Waals surface area (Å²) in [6.45, 7) is -0.301. The topological polar surface area (TPSA) is 58.6 Å². The molecule has 1 N–H and O–H groups in total. The minimum absolute atomic E-state index is 0.0531. The molecular formula is C16H12Cl2N2O3. The van der Waals surface area contributed by atoms with Crippen LogP contribution in [0.25, 0.3) is 0 Å². The quantitative estimate of drug-likeness (QED) is 0.923. The number of nitrogens with zero attached hydrogens (tertiary/aromatic N) is 1. The first-order chi connectivity index (χ1) is 11.0. The molecule has 0 spiro atoms. The summed E-state index contributed by atoms with van der Waals surface area (Å²) in [5.74, 6) is -0.275. The second-order valence-electron chi connectivity index (χ2n) is 4.91. The van der Waals surface area contributed by atoms with Crippen molar-refractivity contribution in [1.29, 1.82) is 0 Å². The maximum Gasteiger partial charge on any atom is 0.265 e. The summed E-state index contributed by atoms with van der Waals surface area (Å²) in [7, 11) is 0. The monoisotopic (exact) mass is 350 g/mol. The lowest BCUT2D eigenvalue weighted by molar-refractivity contribution is -0.123. The van der Waals surface area contributed by atoms with Gasteiger partial charge in [-0.15, -0.1) is 0 Å². The zero-order valence-corrected chi connectivity index (χ0v) is 13.4. The second-order valence-corrected chi connectivity index (χ2v) is 5.75. The number of amides is 2. The van der Waals surface area contributed by atoms with Crippen molar-refractivity contribution >= 4 is 46.4 Å². The van der Waals surface area contributed by atoms with Crippen LogP contribution in [-0.4, -0.2) is 25.0 Å². The molecule has 5 nitrogen and oxygen atoms in total. The van der Waals surface area contributed by atoms with Crippen molar-refractivity contribution < 1.29 is 14.3 Å². The van der Waals surface area contributed by atoms with Crippen LogP contribution in [0.2, 0.25) is 10.0 Å². The van der Waals surface area contributed by atoms with Crippen molar-refractivity contribution in [1.82, 2.24) is 0 Å². The van der Waals surface area contributed by atoms with Crippen LogP contribution in [0.4, 0.5) is 11.4 Å². The fourth-order valence-corrected chi connectivity index (χ4v) is 2.60. The Hall–Kier alpha value is -2.24. The third kappa shape index (κ3) is 3.41. The molecule has 2 amide bonds. The van der Waals surface area contributed by atoms with E-state index >= 15 is 0 Å². The number of fused-ring (bicyclic) bond motifs is 1. The molecule has 1 heterocycles. The predicted molar refractivity (Wildman–Crippen MR) is 89.4 cm³/mol. The van der Waals surface area contributed by atoms with Gasteiger partial charge in [0.15, 0.2) is 6.61 Å². The fourth-order valence-electron chi connectivity index (χ4n) is 2.26. The van der Waals surface area contributed by atoms with Crippen molar-refractivity contribution in [2.45, 2.75) is 0 Å². The zero-order valence-electron chi connectivity index (χ0n) is 11.9. The van der Waals surface area contributed by atoms with Crippen LogP contribution in [0.3, 0.4) is 0 Å². The Bertz CT molecular complexity index is 780. The standard InChI is InChI=1S/C16H12Cl2N2O3/c17-10-5-6-11(18)14(7-10)23-9-16(22)20-8-15(21)19-12-3-1-2-4-13(12)20/h1-7H,8-9H2,(H,19,21). The molecule has 0 bridgehead atoms. The molecule has 0 aliphatic carbocycles. The fraction of sp³-hybridized carbons (Fsp3) is 0.125. The van der Waals surface area contributed by atoms with Crippen LogP contribution in [-0.2, 0) is 9.59 Å². The van der Waals surface area contributed by atoms with Gasteiger partial charge in [-0.1, -0.05) is 35.3 Å². The van der Waals surface area contributed by atoms with Crippen LogP contribution < -0.4 is 15.0 Å². The summed E-state index contributed by atoms with van der Waals surface area (Å²) < 4.78 is 5.44. The highest BCUT2D eigenvalue weighted by molar-refractivity contribution is 6.34. The highest BCUT2D eigenvalue weighted by Gasteiger charge is 2.26. The van der Waals surface area contributed by atoms with Crippen LogP contribution >= 0.6 is 23.2 Å². The Kier molecular flexibility index (Phi) is 4.41. The van der Waals surface area contributed by atoms with Crippen molar-refractivity contribution in [2.24, 2.45) is 0 Å². The molecule has 3 rings (SSSR count). The van der Waals surface area contributed by atoms with E-state index in [1.54, 1.807) is 36.4 Å².